The SMILES string of the molecule is COC(=O)CCCCCN(CC(=O)NO)S(=O)(=O)c1ccc(C)cc1. The fourth-order valence-electron chi connectivity index (χ4n) is 2.18. The van der Waals surface area contributed by atoms with E-state index in [9.17, 15) is 18.0 Å². The van der Waals surface area contributed by atoms with Gasteiger partial charge in [0.2, 0.25) is 10.0 Å². The third kappa shape index (κ3) is 6.81. The van der Waals surface area contributed by atoms with Gasteiger partial charge in [-0.1, -0.05) is 24.1 Å². The Balaban J connectivity index is 2.76. The van der Waals surface area contributed by atoms with E-state index in [1.54, 1.807) is 12.1 Å². The Morgan fingerprint density at radius 1 is 1.16 bits per heavy atom. The van der Waals surface area contributed by atoms with E-state index in [2.05, 4.69) is 4.74 Å². The van der Waals surface area contributed by atoms with Gasteiger partial charge in [-0.25, -0.2) is 13.9 Å². The number of hydrogen-bond acceptors (Lipinski definition) is 6. The Morgan fingerprint density at radius 3 is 2.36 bits per heavy atom. The second-order valence-corrected chi connectivity index (χ2v) is 7.51. The normalized spacial score (nSPS) is 11.4. The molecule has 0 radical (unpaired) electrons. The second kappa shape index (κ2) is 10.1. The second-order valence-electron chi connectivity index (χ2n) is 5.57. The minimum Gasteiger partial charge on any atom is -0.469 e. The Labute approximate surface area is 147 Å². The summed E-state index contributed by atoms with van der Waals surface area (Å²) in [4.78, 5) is 22.6. The molecule has 0 fully saturated rings. The van der Waals surface area contributed by atoms with Gasteiger partial charge in [-0.2, -0.15) is 4.31 Å². The Hall–Kier alpha value is -1.97. The summed E-state index contributed by atoms with van der Waals surface area (Å²) >= 11 is 0. The van der Waals surface area contributed by atoms with Crippen LogP contribution in [-0.2, 0) is 24.3 Å². The van der Waals surface area contributed by atoms with Crippen molar-refractivity contribution in [2.45, 2.75) is 37.5 Å². The molecule has 0 saturated carbocycles. The molecule has 9 heteroatoms. The minimum absolute atomic E-state index is 0.0819. The number of carbonyl (C=O) groups excluding carboxylic acids is 2. The maximum atomic E-state index is 12.7. The highest BCUT2D eigenvalue weighted by Gasteiger charge is 2.26. The lowest BCUT2D eigenvalue weighted by molar-refractivity contribution is -0.140. The summed E-state index contributed by atoms with van der Waals surface area (Å²) < 4.78 is 31.0. The van der Waals surface area contributed by atoms with E-state index < -0.39 is 22.5 Å². The number of carbonyl (C=O) groups is 2. The molecule has 0 bridgehead atoms. The zero-order chi connectivity index (χ0) is 18.9. The number of nitrogens with one attached hydrogen (secondary N) is 1. The van der Waals surface area contributed by atoms with Crippen LogP contribution < -0.4 is 5.48 Å². The molecule has 0 unspecified atom stereocenters. The van der Waals surface area contributed by atoms with Gasteiger partial charge >= 0.3 is 5.97 Å². The van der Waals surface area contributed by atoms with Gasteiger partial charge in [0.1, 0.15) is 0 Å². The van der Waals surface area contributed by atoms with Crippen molar-refractivity contribution in [2.75, 3.05) is 20.2 Å². The Morgan fingerprint density at radius 2 is 1.80 bits per heavy atom. The summed E-state index contributed by atoms with van der Waals surface area (Å²) in [7, 11) is -2.55. The smallest absolute Gasteiger partial charge is 0.305 e. The van der Waals surface area contributed by atoms with Crippen LogP contribution in [0.1, 0.15) is 31.2 Å². The van der Waals surface area contributed by atoms with Crippen molar-refractivity contribution >= 4 is 21.9 Å². The fraction of sp³-hybridized carbons (Fsp3) is 0.500. The molecule has 140 valence electrons. The number of unbranched alkanes of at least 4 members (excludes halogenated alkanes) is 2. The topological polar surface area (TPSA) is 113 Å². The summed E-state index contributed by atoms with van der Waals surface area (Å²) in [6.45, 7) is 1.46. The average Bonchev–Trinajstić information content (AvgIpc) is 2.60. The van der Waals surface area contributed by atoms with Gasteiger partial charge < -0.3 is 4.74 Å². The molecular weight excluding hydrogens is 348 g/mol. The van der Waals surface area contributed by atoms with Crippen LogP contribution in [-0.4, -0.2) is 50.0 Å². The Bertz CT molecular complexity index is 672. The fourth-order valence-corrected chi connectivity index (χ4v) is 3.61. The van der Waals surface area contributed by atoms with Crippen molar-refractivity contribution in [2.24, 2.45) is 0 Å². The minimum atomic E-state index is -3.86. The van der Waals surface area contributed by atoms with Gasteiger partial charge in [0.05, 0.1) is 18.6 Å². The Kier molecular flexibility index (Phi) is 8.53. The zero-order valence-electron chi connectivity index (χ0n) is 14.4. The van der Waals surface area contributed by atoms with E-state index >= 15 is 0 Å². The summed E-state index contributed by atoms with van der Waals surface area (Å²) in [6.07, 6.45) is 1.91. The van der Waals surface area contributed by atoms with Gasteiger partial charge in [-0.05, 0) is 31.9 Å². The molecule has 0 spiro atoms. The maximum Gasteiger partial charge on any atom is 0.305 e. The molecule has 0 heterocycles. The summed E-state index contributed by atoms with van der Waals surface area (Å²) in [6, 6.07) is 6.30. The highest BCUT2D eigenvalue weighted by Crippen LogP contribution is 2.17. The van der Waals surface area contributed by atoms with Crippen LogP contribution in [0.25, 0.3) is 0 Å². The number of benzene rings is 1. The quantitative estimate of drug-likeness (QED) is 0.276. The molecule has 0 aliphatic carbocycles. The zero-order valence-corrected chi connectivity index (χ0v) is 15.2. The maximum absolute atomic E-state index is 12.7. The van der Waals surface area contributed by atoms with Gasteiger partial charge in [-0.15, -0.1) is 0 Å². The molecule has 25 heavy (non-hydrogen) atoms. The number of ether oxygens (including phenoxy) is 1. The number of amides is 1. The lowest BCUT2D eigenvalue weighted by Gasteiger charge is -2.21. The van der Waals surface area contributed by atoms with E-state index in [4.69, 9.17) is 5.21 Å². The van der Waals surface area contributed by atoms with Crippen LogP contribution in [0.4, 0.5) is 0 Å². The number of nitrogens with zero attached hydrogens (tertiary/aromatic N) is 1. The number of methoxy groups -OCH3 is 1. The number of rotatable bonds is 10. The van der Waals surface area contributed by atoms with E-state index in [0.29, 0.717) is 19.3 Å². The predicted octanol–water partition coefficient (Wildman–Crippen LogP) is 1.22. The van der Waals surface area contributed by atoms with E-state index in [1.165, 1.54) is 24.7 Å². The first kappa shape index (κ1) is 21.1. The van der Waals surface area contributed by atoms with Crippen LogP contribution in [0.15, 0.2) is 29.2 Å². The van der Waals surface area contributed by atoms with E-state index in [0.717, 1.165) is 9.87 Å². The molecular formula is C16H24N2O6S. The molecule has 8 nitrogen and oxygen atoms in total. The first-order chi connectivity index (χ1) is 11.8. The monoisotopic (exact) mass is 372 g/mol. The summed E-state index contributed by atoms with van der Waals surface area (Å²) in [5.74, 6) is -1.13. The standard InChI is InChI=1S/C16H24N2O6S/c1-13-7-9-14(10-8-13)25(22,23)18(12-15(19)17-21)11-5-3-4-6-16(20)24-2/h7-10,21H,3-6,11-12H2,1-2H3,(H,17,19). The molecule has 1 aromatic rings. The van der Waals surface area contributed by atoms with Crippen LogP contribution in [0, 0.1) is 6.92 Å². The largest absolute Gasteiger partial charge is 0.469 e. The van der Waals surface area contributed by atoms with E-state index in [1.807, 2.05) is 6.92 Å². The van der Waals surface area contributed by atoms with Gasteiger partial charge in [0, 0.05) is 13.0 Å². The highest BCUT2D eigenvalue weighted by molar-refractivity contribution is 7.89. The molecule has 1 rings (SSSR count). The third-order valence-electron chi connectivity index (χ3n) is 3.62. The summed E-state index contributed by atoms with van der Waals surface area (Å²) in [5.41, 5.74) is 2.36. The van der Waals surface area contributed by atoms with Gasteiger partial charge in [-0.3, -0.25) is 14.8 Å². The molecule has 0 aromatic heterocycles. The van der Waals surface area contributed by atoms with Crippen molar-refractivity contribution in [3.63, 3.8) is 0 Å². The first-order valence-electron chi connectivity index (χ1n) is 7.88. The van der Waals surface area contributed by atoms with Crippen molar-refractivity contribution in [3.05, 3.63) is 29.8 Å². The molecule has 0 aliphatic rings. The van der Waals surface area contributed by atoms with Crippen LogP contribution >= 0.6 is 0 Å². The van der Waals surface area contributed by atoms with Crippen molar-refractivity contribution in [3.8, 4) is 0 Å². The molecule has 2 N–H and O–H groups in total. The lowest BCUT2D eigenvalue weighted by Crippen LogP contribution is -2.40. The molecule has 1 amide bonds. The molecule has 0 aliphatic heterocycles. The summed E-state index contributed by atoms with van der Waals surface area (Å²) in [5, 5.41) is 8.68. The van der Waals surface area contributed by atoms with Crippen LogP contribution in [0.2, 0.25) is 0 Å². The number of hydroxylamine groups is 1. The number of aryl methyl sites for hydroxylation is 1. The highest BCUT2D eigenvalue weighted by atomic mass is 32.2. The van der Waals surface area contributed by atoms with Gasteiger partial charge in [0.15, 0.2) is 0 Å². The number of esters is 1. The van der Waals surface area contributed by atoms with E-state index in [-0.39, 0.29) is 23.8 Å². The molecule has 0 atom stereocenters. The number of hydrogen-bond donors (Lipinski definition) is 2. The number of sulfonamides is 1. The van der Waals surface area contributed by atoms with Gasteiger partial charge in [0.25, 0.3) is 5.91 Å². The predicted molar refractivity (Wildman–Crippen MR) is 90.4 cm³/mol. The van der Waals surface area contributed by atoms with Crippen molar-refractivity contribution in [1.82, 2.24) is 9.79 Å². The third-order valence-corrected chi connectivity index (χ3v) is 5.48. The molecule has 1 aromatic carbocycles. The molecule has 0 saturated heterocycles. The van der Waals surface area contributed by atoms with Crippen LogP contribution in [0.3, 0.4) is 0 Å². The van der Waals surface area contributed by atoms with Crippen LogP contribution in [0.5, 0.6) is 0 Å². The van der Waals surface area contributed by atoms with Crippen molar-refractivity contribution in [1.29, 1.82) is 0 Å². The lowest BCUT2D eigenvalue weighted by atomic mass is 10.2. The van der Waals surface area contributed by atoms with Crippen molar-refractivity contribution < 1.29 is 28.0 Å². The average molecular weight is 372 g/mol. The first-order valence-corrected chi connectivity index (χ1v) is 9.32.